The van der Waals surface area contributed by atoms with Crippen molar-refractivity contribution >= 4 is 17.9 Å². The molecule has 0 aliphatic carbocycles. The average molecular weight is 230 g/mol. The van der Waals surface area contributed by atoms with E-state index in [1.54, 1.807) is 18.5 Å². The van der Waals surface area contributed by atoms with Gasteiger partial charge in [0.25, 0.3) is 0 Å². The Hall–Kier alpha value is -1.97. The lowest BCUT2D eigenvalue weighted by Crippen LogP contribution is -2.06. The Labute approximate surface area is 100 Å². The van der Waals surface area contributed by atoms with Crippen molar-refractivity contribution in [3.05, 3.63) is 35.8 Å². The number of pyridine rings is 1. The minimum absolute atomic E-state index is 0.341. The number of cyclic esters (lactones) is 1. The third-order valence-corrected chi connectivity index (χ3v) is 2.24. The Morgan fingerprint density at radius 3 is 2.94 bits per heavy atom. The average Bonchev–Trinajstić information content (AvgIpc) is 2.59. The number of hydrogen-bond donors (Lipinski definition) is 0. The number of aromatic nitrogens is 1. The number of hydrogen-bond acceptors (Lipinski definition) is 4. The van der Waals surface area contributed by atoms with Crippen molar-refractivity contribution < 1.29 is 9.53 Å². The summed E-state index contributed by atoms with van der Waals surface area (Å²) in [5.41, 5.74) is 1.18. The van der Waals surface area contributed by atoms with E-state index in [1.807, 2.05) is 12.1 Å². The molecule has 0 spiro atoms. The summed E-state index contributed by atoms with van der Waals surface area (Å²) in [5, 5.41) is 0. The van der Waals surface area contributed by atoms with Gasteiger partial charge in [-0.05, 0) is 23.6 Å². The molecule has 88 valence electrons. The predicted octanol–water partition coefficient (Wildman–Crippen LogP) is 2.42. The number of carbonyl (C=O) groups is 1. The largest absolute Gasteiger partial charge is 0.407 e. The molecule has 1 aromatic rings. The van der Waals surface area contributed by atoms with E-state index >= 15 is 0 Å². The van der Waals surface area contributed by atoms with E-state index in [0.717, 1.165) is 5.56 Å². The number of ether oxygens (including phenoxy) is 1. The summed E-state index contributed by atoms with van der Waals surface area (Å²) in [4.78, 5) is 19.7. The second-order valence-electron chi connectivity index (χ2n) is 4.31. The first kappa shape index (κ1) is 11.5. The van der Waals surface area contributed by atoms with Crippen LogP contribution in [0.3, 0.4) is 0 Å². The van der Waals surface area contributed by atoms with E-state index in [2.05, 4.69) is 23.8 Å². The molecule has 0 saturated heterocycles. The molecule has 2 rings (SSSR count). The Balaban J connectivity index is 2.19. The topological polar surface area (TPSA) is 51.5 Å². The highest BCUT2D eigenvalue weighted by Gasteiger charge is 2.23. The van der Waals surface area contributed by atoms with Gasteiger partial charge in [-0.25, -0.2) is 9.79 Å². The molecule has 0 bridgehead atoms. The van der Waals surface area contributed by atoms with E-state index in [0.29, 0.717) is 23.9 Å². The van der Waals surface area contributed by atoms with Crippen LogP contribution in [0.4, 0.5) is 0 Å². The molecule has 0 amide bonds. The van der Waals surface area contributed by atoms with Crippen LogP contribution in [-0.4, -0.2) is 16.9 Å². The molecule has 0 radical (unpaired) electrons. The second-order valence-corrected chi connectivity index (χ2v) is 4.31. The van der Waals surface area contributed by atoms with E-state index in [4.69, 9.17) is 4.74 Å². The minimum atomic E-state index is -0.385. The van der Waals surface area contributed by atoms with Crippen molar-refractivity contribution in [1.29, 1.82) is 0 Å². The monoisotopic (exact) mass is 230 g/mol. The third kappa shape index (κ3) is 3.00. The molecule has 0 unspecified atom stereocenters. The van der Waals surface area contributed by atoms with E-state index in [1.165, 1.54) is 0 Å². The van der Waals surface area contributed by atoms with Gasteiger partial charge < -0.3 is 4.74 Å². The van der Waals surface area contributed by atoms with E-state index < -0.39 is 0 Å². The standard InChI is InChI=1S/C13H14N2O2/c1-9(2)6-12-15-11(13(16)17-12)7-10-4-3-5-14-8-10/h3-5,7-9H,6H2,1-2H3/b11-7+. The summed E-state index contributed by atoms with van der Waals surface area (Å²) in [7, 11) is 0. The van der Waals surface area contributed by atoms with Crippen LogP contribution < -0.4 is 0 Å². The Morgan fingerprint density at radius 1 is 1.47 bits per heavy atom. The summed E-state index contributed by atoms with van der Waals surface area (Å²) < 4.78 is 5.08. The highest BCUT2D eigenvalue weighted by Crippen LogP contribution is 2.18. The zero-order valence-electron chi connectivity index (χ0n) is 9.88. The maximum Gasteiger partial charge on any atom is 0.363 e. The van der Waals surface area contributed by atoms with Gasteiger partial charge in [-0.2, -0.15) is 0 Å². The Bertz CT molecular complexity index is 475. The van der Waals surface area contributed by atoms with Gasteiger partial charge in [0.05, 0.1) is 0 Å². The van der Waals surface area contributed by atoms with Crippen LogP contribution in [0.1, 0.15) is 25.8 Å². The normalized spacial score (nSPS) is 17.5. The summed E-state index contributed by atoms with van der Waals surface area (Å²) in [6.07, 6.45) is 5.72. The highest BCUT2D eigenvalue weighted by atomic mass is 16.6. The van der Waals surface area contributed by atoms with Crippen LogP contribution >= 0.6 is 0 Å². The smallest absolute Gasteiger partial charge is 0.363 e. The van der Waals surface area contributed by atoms with E-state index in [9.17, 15) is 4.79 Å². The molecule has 0 saturated carbocycles. The molecule has 0 atom stereocenters. The maximum absolute atomic E-state index is 11.5. The Kier molecular flexibility index (Phi) is 3.32. The summed E-state index contributed by atoms with van der Waals surface area (Å²) >= 11 is 0. The first-order chi connectivity index (χ1) is 8.15. The molecule has 0 aromatic carbocycles. The molecule has 4 nitrogen and oxygen atoms in total. The summed E-state index contributed by atoms with van der Waals surface area (Å²) in [5.74, 6) is 0.531. The fourth-order valence-corrected chi connectivity index (χ4v) is 1.51. The summed E-state index contributed by atoms with van der Waals surface area (Å²) in [6, 6.07) is 3.68. The van der Waals surface area contributed by atoms with E-state index in [-0.39, 0.29) is 5.97 Å². The molecule has 17 heavy (non-hydrogen) atoms. The molecule has 1 aliphatic rings. The van der Waals surface area contributed by atoms with Gasteiger partial charge >= 0.3 is 5.97 Å². The highest BCUT2D eigenvalue weighted by molar-refractivity contribution is 6.07. The fraction of sp³-hybridized carbons (Fsp3) is 0.308. The molecule has 1 aromatic heterocycles. The number of rotatable bonds is 3. The predicted molar refractivity (Wildman–Crippen MR) is 65.2 cm³/mol. The minimum Gasteiger partial charge on any atom is -0.407 e. The maximum atomic E-state index is 11.5. The molecule has 1 aliphatic heterocycles. The lowest BCUT2D eigenvalue weighted by atomic mass is 10.1. The van der Waals surface area contributed by atoms with Gasteiger partial charge in [0, 0.05) is 18.8 Å². The van der Waals surface area contributed by atoms with Crippen LogP contribution in [0.5, 0.6) is 0 Å². The second kappa shape index (κ2) is 4.91. The molecule has 4 heteroatoms. The van der Waals surface area contributed by atoms with Crippen molar-refractivity contribution in [3.8, 4) is 0 Å². The van der Waals surface area contributed by atoms with Crippen molar-refractivity contribution in [3.63, 3.8) is 0 Å². The van der Waals surface area contributed by atoms with Gasteiger partial charge in [-0.3, -0.25) is 4.98 Å². The molecule has 0 N–H and O–H groups in total. The van der Waals surface area contributed by atoms with Gasteiger partial charge in [-0.1, -0.05) is 19.9 Å². The van der Waals surface area contributed by atoms with Crippen molar-refractivity contribution in [1.82, 2.24) is 4.98 Å². The number of nitrogens with zero attached hydrogens (tertiary/aromatic N) is 2. The SMILES string of the molecule is CC(C)CC1=N/C(=C/c2cccnc2)C(=O)O1. The van der Waals surface area contributed by atoms with Crippen molar-refractivity contribution in [2.24, 2.45) is 10.9 Å². The zero-order chi connectivity index (χ0) is 12.3. The molecular weight excluding hydrogens is 216 g/mol. The van der Waals surface area contributed by atoms with Crippen LogP contribution in [-0.2, 0) is 9.53 Å². The van der Waals surface area contributed by atoms with Gasteiger partial charge in [0.2, 0.25) is 0 Å². The zero-order valence-corrected chi connectivity index (χ0v) is 9.88. The molecular formula is C13H14N2O2. The van der Waals surface area contributed by atoms with Gasteiger partial charge in [-0.15, -0.1) is 0 Å². The molecule has 0 fully saturated rings. The first-order valence-electron chi connectivity index (χ1n) is 5.56. The van der Waals surface area contributed by atoms with Crippen LogP contribution in [0, 0.1) is 5.92 Å². The van der Waals surface area contributed by atoms with Crippen LogP contribution in [0.15, 0.2) is 35.2 Å². The van der Waals surface area contributed by atoms with Crippen LogP contribution in [0.25, 0.3) is 6.08 Å². The first-order valence-corrected chi connectivity index (χ1v) is 5.56. The summed E-state index contributed by atoms with van der Waals surface area (Å²) in [6.45, 7) is 4.11. The number of aliphatic imine (C=N–C) groups is 1. The third-order valence-electron chi connectivity index (χ3n) is 2.24. The van der Waals surface area contributed by atoms with Gasteiger partial charge in [0.15, 0.2) is 11.6 Å². The lowest BCUT2D eigenvalue weighted by molar-refractivity contribution is -0.130. The van der Waals surface area contributed by atoms with Crippen molar-refractivity contribution in [2.45, 2.75) is 20.3 Å². The molecule has 2 heterocycles. The number of esters is 1. The number of carbonyl (C=O) groups excluding carboxylic acids is 1. The Morgan fingerprint density at radius 2 is 2.29 bits per heavy atom. The lowest BCUT2D eigenvalue weighted by Gasteiger charge is -2.01. The van der Waals surface area contributed by atoms with Gasteiger partial charge in [0.1, 0.15) is 0 Å². The fourth-order valence-electron chi connectivity index (χ4n) is 1.51. The van der Waals surface area contributed by atoms with Crippen molar-refractivity contribution in [2.75, 3.05) is 0 Å². The van der Waals surface area contributed by atoms with Crippen LogP contribution in [0.2, 0.25) is 0 Å². The quantitative estimate of drug-likeness (QED) is 0.592.